The van der Waals surface area contributed by atoms with Crippen LogP contribution in [0.15, 0.2) is 36.5 Å². The number of para-hydroxylation sites is 1. The van der Waals surface area contributed by atoms with Crippen molar-refractivity contribution in [3.05, 3.63) is 36.5 Å². The molecular formula is C14H18ClN3O. The van der Waals surface area contributed by atoms with Crippen LogP contribution >= 0.6 is 12.4 Å². The van der Waals surface area contributed by atoms with Gasteiger partial charge in [0.2, 0.25) is 5.91 Å². The normalized spacial score (nSPS) is 12.0. The molecule has 0 aliphatic carbocycles. The molecule has 2 rings (SSSR count). The predicted octanol–water partition coefficient (Wildman–Crippen LogP) is 2.58. The fourth-order valence-electron chi connectivity index (χ4n) is 1.67. The number of carbonyl (C=O) groups excluding carboxylic acids is 1. The lowest BCUT2D eigenvalue weighted by molar-refractivity contribution is -0.118. The maximum absolute atomic E-state index is 11.8. The van der Waals surface area contributed by atoms with Crippen LogP contribution in [-0.2, 0) is 4.79 Å². The van der Waals surface area contributed by atoms with Crippen LogP contribution in [0.25, 0.3) is 10.9 Å². The number of carbonyl (C=O) groups is 1. The van der Waals surface area contributed by atoms with Crippen LogP contribution in [0.4, 0.5) is 5.69 Å². The van der Waals surface area contributed by atoms with Gasteiger partial charge < -0.3 is 11.1 Å². The van der Waals surface area contributed by atoms with Crippen molar-refractivity contribution in [1.29, 1.82) is 0 Å². The Bertz CT molecular complexity index is 571. The van der Waals surface area contributed by atoms with Gasteiger partial charge in [-0.05, 0) is 18.1 Å². The lowest BCUT2D eigenvalue weighted by Crippen LogP contribution is -2.39. The van der Waals surface area contributed by atoms with Crippen LogP contribution in [0.2, 0.25) is 0 Å². The standard InChI is InChI=1S/C14H17N3O.ClH/c1-9(2)13(15)14(18)17-11-7-10-5-3-4-6-12(10)16-8-11;/h3-9,13H,15H2,1-2H3,(H,17,18);1H/t13-;/m0./s1. The van der Waals surface area contributed by atoms with Gasteiger partial charge in [-0.15, -0.1) is 12.4 Å². The maximum Gasteiger partial charge on any atom is 0.241 e. The summed E-state index contributed by atoms with van der Waals surface area (Å²) in [7, 11) is 0. The number of aromatic nitrogens is 1. The van der Waals surface area contributed by atoms with Crippen LogP contribution in [0.5, 0.6) is 0 Å². The van der Waals surface area contributed by atoms with Crippen molar-refractivity contribution in [1.82, 2.24) is 4.98 Å². The van der Waals surface area contributed by atoms with Gasteiger partial charge >= 0.3 is 0 Å². The topological polar surface area (TPSA) is 68.0 Å². The van der Waals surface area contributed by atoms with Crippen molar-refractivity contribution in [2.45, 2.75) is 19.9 Å². The first-order valence-corrected chi connectivity index (χ1v) is 5.99. The second-order valence-corrected chi connectivity index (χ2v) is 4.68. The molecule has 0 unspecified atom stereocenters. The zero-order valence-corrected chi connectivity index (χ0v) is 11.8. The van der Waals surface area contributed by atoms with Crippen molar-refractivity contribution in [2.75, 3.05) is 5.32 Å². The SMILES string of the molecule is CC(C)[C@H](N)C(=O)Nc1cnc2ccccc2c1.Cl. The summed E-state index contributed by atoms with van der Waals surface area (Å²) in [5, 5.41) is 3.78. The monoisotopic (exact) mass is 279 g/mol. The van der Waals surface area contributed by atoms with Crippen molar-refractivity contribution in [3.8, 4) is 0 Å². The predicted molar refractivity (Wildman–Crippen MR) is 80.4 cm³/mol. The Morgan fingerprint density at radius 1 is 1.32 bits per heavy atom. The summed E-state index contributed by atoms with van der Waals surface area (Å²) >= 11 is 0. The zero-order chi connectivity index (χ0) is 13.1. The van der Waals surface area contributed by atoms with Crippen molar-refractivity contribution < 1.29 is 4.79 Å². The molecule has 0 saturated heterocycles. The Hall–Kier alpha value is -1.65. The number of amides is 1. The highest BCUT2D eigenvalue weighted by Gasteiger charge is 2.17. The van der Waals surface area contributed by atoms with Gasteiger partial charge in [0, 0.05) is 5.39 Å². The average molecular weight is 280 g/mol. The summed E-state index contributed by atoms with van der Waals surface area (Å²) in [5.41, 5.74) is 7.37. The van der Waals surface area contributed by atoms with Gasteiger partial charge in [0.1, 0.15) is 0 Å². The van der Waals surface area contributed by atoms with E-state index in [9.17, 15) is 4.79 Å². The minimum absolute atomic E-state index is 0. The number of nitrogens with two attached hydrogens (primary N) is 1. The number of rotatable bonds is 3. The van der Waals surface area contributed by atoms with Gasteiger partial charge in [-0.2, -0.15) is 0 Å². The molecule has 0 radical (unpaired) electrons. The highest BCUT2D eigenvalue weighted by Crippen LogP contribution is 2.16. The molecule has 3 N–H and O–H groups in total. The van der Waals surface area contributed by atoms with E-state index in [1.54, 1.807) is 6.20 Å². The molecule has 102 valence electrons. The molecule has 4 nitrogen and oxygen atoms in total. The van der Waals surface area contributed by atoms with Crippen LogP contribution in [-0.4, -0.2) is 16.9 Å². The minimum Gasteiger partial charge on any atom is -0.323 e. The molecule has 0 aliphatic rings. The second kappa shape index (κ2) is 6.50. The van der Waals surface area contributed by atoms with Crippen LogP contribution in [0, 0.1) is 5.92 Å². The first-order chi connectivity index (χ1) is 8.58. The van der Waals surface area contributed by atoms with E-state index in [0.717, 1.165) is 10.9 Å². The van der Waals surface area contributed by atoms with E-state index in [1.165, 1.54) is 0 Å². The second-order valence-electron chi connectivity index (χ2n) is 4.68. The molecule has 1 aromatic carbocycles. The lowest BCUT2D eigenvalue weighted by Gasteiger charge is -2.15. The van der Waals surface area contributed by atoms with E-state index in [2.05, 4.69) is 10.3 Å². The van der Waals surface area contributed by atoms with Crippen molar-refractivity contribution >= 4 is 34.9 Å². The van der Waals surface area contributed by atoms with Crippen LogP contribution in [0.1, 0.15) is 13.8 Å². The van der Waals surface area contributed by atoms with Crippen LogP contribution in [0.3, 0.4) is 0 Å². The number of hydrogen-bond donors (Lipinski definition) is 2. The Labute approximate surface area is 118 Å². The fourth-order valence-corrected chi connectivity index (χ4v) is 1.67. The molecule has 1 atom stereocenters. The van der Waals surface area contributed by atoms with Gasteiger partial charge in [0.15, 0.2) is 0 Å². The molecule has 2 aromatic rings. The van der Waals surface area contributed by atoms with E-state index in [0.29, 0.717) is 5.69 Å². The summed E-state index contributed by atoms with van der Waals surface area (Å²) in [6.07, 6.45) is 1.65. The number of fused-ring (bicyclic) bond motifs is 1. The highest BCUT2D eigenvalue weighted by molar-refractivity contribution is 5.96. The van der Waals surface area contributed by atoms with Gasteiger partial charge in [0.05, 0.1) is 23.4 Å². The third-order valence-electron chi connectivity index (χ3n) is 2.88. The zero-order valence-electron chi connectivity index (χ0n) is 11.0. The summed E-state index contributed by atoms with van der Waals surface area (Å²) < 4.78 is 0. The van der Waals surface area contributed by atoms with Crippen molar-refractivity contribution in [3.63, 3.8) is 0 Å². The summed E-state index contributed by atoms with van der Waals surface area (Å²) in [4.78, 5) is 16.1. The molecule has 0 saturated carbocycles. The number of nitrogens with one attached hydrogen (secondary N) is 1. The van der Waals surface area contributed by atoms with Gasteiger partial charge in [-0.1, -0.05) is 32.0 Å². The fraction of sp³-hybridized carbons (Fsp3) is 0.286. The molecule has 1 heterocycles. The summed E-state index contributed by atoms with van der Waals surface area (Å²) in [5.74, 6) is -0.0690. The van der Waals surface area contributed by atoms with Gasteiger partial charge in [-0.25, -0.2) is 0 Å². The van der Waals surface area contributed by atoms with Gasteiger partial charge in [-0.3, -0.25) is 9.78 Å². The molecular weight excluding hydrogens is 262 g/mol. The minimum atomic E-state index is -0.503. The molecule has 0 fully saturated rings. The summed E-state index contributed by atoms with van der Waals surface area (Å²) in [6, 6.07) is 9.16. The van der Waals surface area contributed by atoms with E-state index in [4.69, 9.17) is 5.73 Å². The Morgan fingerprint density at radius 2 is 2.00 bits per heavy atom. The Kier molecular flexibility index (Phi) is 5.27. The largest absolute Gasteiger partial charge is 0.323 e. The molecule has 0 bridgehead atoms. The number of benzene rings is 1. The maximum atomic E-state index is 11.8. The Balaban J connectivity index is 0.00000180. The number of hydrogen-bond acceptors (Lipinski definition) is 3. The van der Waals surface area contributed by atoms with E-state index >= 15 is 0 Å². The lowest BCUT2D eigenvalue weighted by atomic mass is 10.0. The van der Waals surface area contributed by atoms with Crippen LogP contribution < -0.4 is 11.1 Å². The molecule has 0 aliphatic heterocycles. The highest BCUT2D eigenvalue weighted by atomic mass is 35.5. The smallest absolute Gasteiger partial charge is 0.241 e. The van der Waals surface area contributed by atoms with E-state index < -0.39 is 6.04 Å². The quantitative estimate of drug-likeness (QED) is 0.907. The van der Waals surface area contributed by atoms with E-state index in [1.807, 2.05) is 44.2 Å². The molecule has 0 spiro atoms. The average Bonchev–Trinajstić information content (AvgIpc) is 2.37. The molecule has 19 heavy (non-hydrogen) atoms. The Morgan fingerprint density at radius 3 is 2.68 bits per heavy atom. The molecule has 5 heteroatoms. The van der Waals surface area contributed by atoms with Gasteiger partial charge in [0.25, 0.3) is 0 Å². The third-order valence-corrected chi connectivity index (χ3v) is 2.88. The number of nitrogens with zero attached hydrogens (tertiary/aromatic N) is 1. The first kappa shape index (κ1) is 15.4. The molecule has 1 aromatic heterocycles. The summed E-state index contributed by atoms with van der Waals surface area (Å²) in [6.45, 7) is 3.84. The number of anilines is 1. The van der Waals surface area contributed by atoms with E-state index in [-0.39, 0.29) is 24.2 Å². The third kappa shape index (κ3) is 3.66. The number of pyridine rings is 1. The first-order valence-electron chi connectivity index (χ1n) is 5.99. The van der Waals surface area contributed by atoms with Crippen molar-refractivity contribution in [2.24, 2.45) is 11.7 Å². The molecule has 1 amide bonds. The number of halogens is 1.